The molecule has 2 aromatic rings. The lowest BCUT2D eigenvalue weighted by Crippen LogP contribution is -2.50. The number of hydrogen-bond acceptors (Lipinski definition) is 3. The average molecular weight is 435 g/mol. The smallest absolute Gasteiger partial charge is 0.387 e. The van der Waals surface area contributed by atoms with E-state index in [1.807, 2.05) is 12.1 Å². The van der Waals surface area contributed by atoms with Crippen LogP contribution in [0.4, 0.5) is 8.78 Å². The minimum atomic E-state index is -2.94. The zero-order valence-corrected chi connectivity index (χ0v) is 16.9. The molecule has 8 heteroatoms. The Hall–Kier alpha value is -2.93. The second kappa shape index (κ2) is 10.2. The fourth-order valence-corrected chi connectivity index (χ4v) is 3.28. The quantitative estimate of drug-likeness (QED) is 0.648. The van der Waals surface area contributed by atoms with Crippen molar-refractivity contribution in [2.45, 2.75) is 13.0 Å². The lowest BCUT2D eigenvalue weighted by atomic mass is 10.1. The van der Waals surface area contributed by atoms with Crippen LogP contribution in [0.25, 0.3) is 6.08 Å². The highest BCUT2D eigenvalue weighted by Crippen LogP contribution is 2.21. The number of piperazine rings is 1. The first-order chi connectivity index (χ1) is 14.4. The van der Waals surface area contributed by atoms with Gasteiger partial charge in [-0.05, 0) is 29.8 Å². The van der Waals surface area contributed by atoms with Gasteiger partial charge in [-0.3, -0.25) is 9.59 Å². The van der Waals surface area contributed by atoms with Gasteiger partial charge in [0, 0.05) is 42.8 Å². The van der Waals surface area contributed by atoms with Crippen molar-refractivity contribution in [2.24, 2.45) is 0 Å². The first-order valence-corrected chi connectivity index (χ1v) is 9.83. The third kappa shape index (κ3) is 6.03. The molecule has 2 aromatic carbocycles. The van der Waals surface area contributed by atoms with E-state index in [0.29, 0.717) is 36.8 Å². The maximum atomic E-state index is 12.5. The molecule has 0 aromatic heterocycles. The van der Waals surface area contributed by atoms with Gasteiger partial charge in [0.25, 0.3) is 0 Å². The van der Waals surface area contributed by atoms with E-state index < -0.39 is 6.61 Å². The van der Waals surface area contributed by atoms with Crippen molar-refractivity contribution in [1.29, 1.82) is 0 Å². The standard InChI is InChI=1S/C22H21ClF2N2O3/c23-18-8-5-16(6-9-18)15-21(29)27-13-11-26(12-14-27)20(28)10-7-17-3-1-2-4-19(17)30-22(24)25/h1-10,22H,11-15H2/b10-7+. The predicted molar refractivity (Wildman–Crippen MR) is 110 cm³/mol. The normalized spacial score (nSPS) is 14.4. The van der Waals surface area contributed by atoms with E-state index in [0.717, 1.165) is 5.56 Å². The largest absolute Gasteiger partial charge is 0.434 e. The van der Waals surface area contributed by atoms with Gasteiger partial charge in [-0.25, -0.2) is 0 Å². The number of hydrogen-bond donors (Lipinski definition) is 0. The summed E-state index contributed by atoms with van der Waals surface area (Å²) in [4.78, 5) is 28.3. The molecule has 0 bridgehead atoms. The SMILES string of the molecule is O=C(/C=C/c1ccccc1OC(F)F)N1CCN(C(=O)Cc2ccc(Cl)cc2)CC1. The molecule has 1 aliphatic rings. The van der Waals surface area contributed by atoms with Crippen molar-refractivity contribution >= 4 is 29.5 Å². The number of carbonyl (C=O) groups is 2. The van der Waals surface area contributed by atoms with Crippen molar-refractivity contribution in [3.05, 3.63) is 70.8 Å². The molecule has 1 fully saturated rings. The Morgan fingerprint density at radius 1 is 1.00 bits per heavy atom. The Morgan fingerprint density at radius 3 is 2.30 bits per heavy atom. The van der Waals surface area contributed by atoms with Crippen LogP contribution in [0.1, 0.15) is 11.1 Å². The molecule has 5 nitrogen and oxygen atoms in total. The van der Waals surface area contributed by atoms with Crippen molar-refractivity contribution in [3.8, 4) is 5.75 Å². The topological polar surface area (TPSA) is 49.9 Å². The summed E-state index contributed by atoms with van der Waals surface area (Å²) in [6, 6.07) is 13.4. The maximum absolute atomic E-state index is 12.5. The van der Waals surface area contributed by atoms with Gasteiger partial charge in [0.05, 0.1) is 6.42 Å². The van der Waals surface area contributed by atoms with Crippen molar-refractivity contribution < 1.29 is 23.1 Å². The number of carbonyl (C=O) groups excluding carboxylic acids is 2. The van der Waals surface area contributed by atoms with Gasteiger partial charge in [-0.15, -0.1) is 0 Å². The van der Waals surface area contributed by atoms with Gasteiger partial charge >= 0.3 is 6.61 Å². The molecule has 0 spiro atoms. The van der Waals surface area contributed by atoms with E-state index in [1.54, 1.807) is 40.1 Å². The van der Waals surface area contributed by atoms with E-state index in [4.69, 9.17) is 11.6 Å². The van der Waals surface area contributed by atoms with Gasteiger partial charge in [0.2, 0.25) is 11.8 Å². The Labute approximate surface area is 178 Å². The van der Waals surface area contributed by atoms with E-state index >= 15 is 0 Å². The van der Waals surface area contributed by atoms with Crippen molar-refractivity contribution in [1.82, 2.24) is 9.80 Å². The van der Waals surface area contributed by atoms with Crippen LogP contribution in [0.2, 0.25) is 5.02 Å². The Kier molecular flexibility index (Phi) is 7.41. The molecule has 3 rings (SSSR count). The molecule has 2 amide bonds. The number of benzene rings is 2. The summed E-state index contributed by atoms with van der Waals surface area (Å²) in [6.45, 7) is -1.24. The fourth-order valence-electron chi connectivity index (χ4n) is 3.15. The molecule has 1 saturated heterocycles. The Morgan fingerprint density at radius 2 is 1.63 bits per heavy atom. The highest BCUT2D eigenvalue weighted by atomic mass is 35.5. The summed E-state index contributed by atoms with van der Waals surface area (Å²) < 4.78 is 29.4. The summed E-state index contributed by atoms with van der Waals surface area (Å²) >= 11 is 5.86. The summed E-state index contributed by atoms with van der Waals surface area (Å²) in [5, 5.41) is 0.620. The van der Waals surface area contributed by atoms with E-state index in [9.17, 15) is 18.4 Å². The predicted octanol–water partition coefficient (Wildman–Crippen LogP) is 3.87. The highest BCUT2D eigenvalue weighted by molar-refractivity contribution is 6.30. The van der Waals surface area contributed by atoms with Crippen LogP contribution in [0.3, 0.4) is 0 Å². The zero-order valence-electron chi connectivity index (χ0n) is 16.1. The number of para-hydroxylation sites is 1. The number of rotatable bonds is 6. The van der Waals surface area contributed by atoms with Crippen LogP contribution in [-0.4, -0.2) is 54.4 Å². The molecule has 0 aliphatic carbocycles. The molecule has 0 N–H and O–H groups in total. The van der Waals surface area contributed by atoms with E-state index in [1.165, 1.54) is 18.2 Å². The molecule has 0 atom stereocenters. The zero-order chi connectivity index (χ0) is 21.5. The highest BCUT2D eigenvalue weighted by Gasteiger charge is 2.23. The number of nitrogens with zero attached hydrogens (tertiary/aromatic N) is 2. The first-order valence-electron chi connectivity index (χ1n) is 9.45. The lowest BCUT2D eigenvalue weighted by Gasteiger charge is -2.34. The summed E-state index contributed by atoms with van der Waals surface area (Å²) in [5.41, 5.74) is 1.28. The average Bonchev–Trinajstić information content (AvgIpc) is 2.74. The molecule has 0 unspecified atom stereocenters. The number of ether oxygens (including phenoxy) is 1. The van der Waals surface area contributed by atoms with Crippen LogP contribution < -0.4 is 4.74 Å². The molecular formula is C22H21ClF2N2O3. The maximum Gasteiger partial charge on any atom is 0.387 e. The minimum Gasteiger partial charge on any atom is -0.434 e. The van der Waals surface area contributed by atoms with Crippen LogP contribution in [0.15, 0.2) is 54.6 Å². The third-order valence-electron chi connectivity index (χ3n) is 4.75. The van der Waals surface area contributed by atoms with Crippen LogP contribution in [0.5, 0.6) is 5.75 Å². The monoisotopic (exact) mass is 434 g/mol. The molecule has 0 saturated carbocycles. The van der Waals surface area contributed by atoms with Gasteiger partial charge < -0.3 is 14.5 Å². The molecule has 30 heavy (non-hydrogen) atoms. The van der Waals surface area contributed by atoms with E-state index in [-0.39, 0.29) is 24.0 Å². The van der Waals surface area contributed by atoms with Crippen molar-refractivity contribution in [2.75, 3.05) is 26.2 Å². The lowest BCUT2D eigenvalue weighted by molar-refractivity contribution is -0.136. The third-order valence-corrected chi connectivity index (χ3v) is 5.01. The number of alkyl halides is 2. The molecule has 1 aliphatic heterocycles. The summed E-state index contributed by atoms with van der Waals surface area (Å²) in [5.74, 6) is -0.237. The minimum absolute atomic E-state index is 0.00182. The van der Waals surface area contributed by atoms with Gasteiger partial charge in [0.1, 0.15) is 5.75 Å². The molecule has 1 heterocycles. The first kappa shape index (κ1) is 21.8. The number of halogens is 3. The van der Waals surface area contributed by atoms with Gasteiger partial charge in [-0.1, -0.05) is 41.9 Å². The summed E-state index contributed by atoms with van der Waals surface area (Å²) in [7, 11) is 0. The fraction of sp³-hybridized carbons (Fsp3) is 0.273. The second-order valence-corrected chi connectivity index (χ2v) is 7.20. The van der Waals surface area contributed by atoms with Gasteiger partial charge in [-0.2, -0.15) is 8.78 Å². The number of amides is 2. The van der Waals surface area contributed by atoms with Crippen molar-refractivity contribution in [3.63, 3.8) is 0 Å². The van der Waals surface area contributed by atoms with Crippen LogP contribution >= 0.6 is 11.6 Å². The Balaban J connectivity index is 1.52. The van der Waals surface area contributed by atoms with Gasteiger partial charge in [0.15, 0.2) is 0 Å². The molecule has 0 radical (unpaired) electrons. The van der Waals surface area contributed by atoms with Crippen LogP contribution in [-0.2, 0) is 16.0 Å². The van der Waals surface area contributed by atoms with Crippen LogP contribution in [0, 0.1) is 0 Å². The van der Waals surface area contributed by atoms with E-state index in [2.05, 4.69) is 4.74 Å². The molecule has 158 valence electrons. The summed E-state index contributed by atoms with van der Waals surface area (Å²) in [6.07, 6.45) is 3.07. The second-order valence-electron chi connectivity index (χ2n) is 6.76. The molecular weight excluding hydrogens is 414 g/mol. The Bertz CT molecular complexity index is 911.